The van der Waals surface area contributed by atoms with Gasteiger partial charge in [0.15, 0.2) is 6.29 Å². The molecule has 4 nitrogen and oxygen atoms in total. The van der Waals surface area contributed by atoms with Gasteiger partial charge in [-0.15, -0.1) is 0 Å². The zero-order valence-electron chi connectivity index (χ0n) is 8.57. The number of carbonyl (C=O) groups is 1. The summed E-state index contributed by atoms with van der Waals surface area (Å²) in [6.45, 7) is 3.21. The van der Waals surface area contributed by atoms with Crippen LogP contribution < -0.4 is 0 Å². The van der Waals surface area contributed by atoms with Crippen molar-refractivity contribution >= 4 is 17.9 Å². The average molecular weight is 229 g/mol. The minimum absolute atomic E-state index is 0.165. The molecule has 1 aliphatic rings. The van der Waals surface area contributed by atoms with E-state index in [4.69, 9.17) is 16.3 Å². The van der Waals surface area contributed by atoms with E-state index in [0.29, 0.717) is 23.0 Å². The molecule has 5 heteroatoms. The van der Waals surface area contributed by atoms with E-state index in [2.05, 4.69) is 5.10 Å². The van der Waals surface area contributed by atoms with Crippen LogP contribution in [0.15, 0.2) is 0 Å². The third kappa shape index (κ3) is 1.92. The number of hydrogen-bond acceptors (Lipinski definition) is 3. The van der Waals surface area contributed by atoms with Crippen molar-refractivity contribution in [2.24, 2.45) is 0 Å². The quantitative estimate of drug-likeness (QED) is 0.728. The second-order valence-electron chi connectivity index (χ2n) is 3.72. The Hall–Kier alpha value is -0.870. The van der Waals surface area contributed by atoms with Crippen molar-refractivity contribution in [2.45, 2.75) is 25.8 Å². The maximum absolute atomic E-state index is 10.8. The highest BCUT2D eigenvalue weighted by atomic mass is 35.5. The molecular weight excluding hydrogens is 216 g/mol. The van der Waals surface area contributed by atoms with Gasteiger partial charge in [0.25, 0.3) is 0 Å². The van der Waals surface area contributed by atoms with E-state index in [1.807, 2.05) is 0 Å². The first-order valence-electron chi connectivity index (χ1n) is 5.01. The smallest absolute Gasteiger partial charge is 0.155 e. The Kier molecular flexibility index (Phi) is 3.07. The summed E-state index contributed by atoms with van der Waals surface area (Å²) >= 11 is 6.08. The van der Waals surface area contributed by atoms with Crippen molar-refractivity contribution in [2.75, 3.05) is 13.2 Å². The summed E-state index contributed by atoms with van der Waals surface area (Å²) in [5.74, 6) is 0. The maximum Gasteiger partial charge on any atom is 0.155 e. The zero-order valence-corrected chi connectivity index (χ0v) is 9.33. The molecule has 1 fully saturated rings. The molecule has 1 saturated heterocycles. The molecule has 1 aromatic heterocycles. The number of aromatic nitrogens is 2. The molecule has 0 saturated carbocycles. The van der Waals surface area contributed by atoms with Gasteiger partial charge in [0.05, 0.1) is 23.9 Å². The van der Waals surface area contributed by atoms with Crippen LogP contribution in [0.3, 0.4) is 0 Å². The van der Waals surface area contributed by atoms with Gasteiger partial charge in [-0.3, -0.25) is 4.79 Å². The number of rotatable bonds is 2. The molecule has 0 N–H and O–H groups in total. The molecule has 1 atom stereocenters. The minimum atomic E-state index is 0.165. The molecule has 2 heterocycles. The summed E-state index contributed by atoms with van der Waals surface area (Å²) in [7, 11) is 0. The van der Waals surface area contributed by atoms with E-state index < -0.39 is 0 Å². The molecule has 0 spiro atoms. The number of nitrogens with zero attached hydrogens (tertiary/aromatic N) is 2. The molecule has 1 aromatic rings. The van der Waals surface area contributed by atoms with Crippen molar-refractivity contribution < 1.29 is 9.53 Å². The molecule has 82 valence electrons. The largest absolute Gasteiger partial charge is 0.379 e. The Labute approximate surface area is 93.2 Å². The Morgan fingerprint density at radius 2 is 2.47 bits per heavy atom. The predicted octanol–water partition coefficient (Wildman–Crippen LogP) is 2.01. The van der Waals surface area contributed by atoms with Crippen LogP contribution in [-0.2, 0) is 4.74 Å². The fourth-order valence-electron chi connectivity index (χ4n) is 1.82. The van der Waals surface area contributed by atoms with Crippen molar-refractivity contribution in [1.82, 2.24) is 9.78 Å². The third-order valence-electron chi connectivity index (χ3n) is 2.67. The van der Waals surface area contributed by atoms with E-state index in [0.717, 1.165) is 25.7 Å². The molecule has 2 rings (SSSR count). The van der Waals surface area contributed by atoms with Gasteiger partial charge in [-0.25, -0.2) is 4.68 Å². The zero-order chi connectivity index (χ0) is 10.8. The Bertz CT molecular complexity index is 370. The van der Waals surface area contributed by atoms with Crippen molar-refractivity contribution in [1.29, 1.82) is 0 Å². The lowest BCUT2D eigenvalue weighted by atomic mass is 10.1. The normalized spacial score (nSPS) is 21.6. The number of aldehydes is 1. The molecule has 1 unspecified atom stereocenters. The summed E-state index contributed by atoms with van der Waals surface area (Å²) in [5.41, 5.74) is 1.17. The van der Waals surface area contributed by atoms with Gasteiger partial charge in [0.1, 0.15) is 5.15 Å². The van der Waals surface area contributed by atoms with Crippen molar-refractivity contribution in [3.8, 4) is 0 Å². The molecule has 0 amide bonds. The van der Waals surface area contributed by atoms with E-state index in [1.54, 1.807) is 11.6 Å². The Morgan fingerprint density at radius 3 is 3.00 bits per heavy atom. The maximum atomic E-state index is 10.8. The lowest BCUT2D eigenvalue weighted by molar-refractivity contribution is 0.0549. The van der Waals surface area contributed by atoms with Crippen LogP contribution in [0.2, 0.25) is 5.15 Å². The van der Waals surface area contributed by atoms with Gasteiger partial charge >= 0.3 is 0 Å². The minimum Gasteiger partial charge on any atom is -0.379 e. The summed E-state index contributed by atoms with van der Waals surface area (Å²) in [5, 5.41) is 4.71. The van der Waals surface area contributed by atoms with Gasteiger partial charge in [-0.1, -0.05) is 11.6 Å². The molecule has 0 aliphatic carbocycles. The SMILES string of the molecule is Cc1nn(C2CCCOC2)c(Cl)c1C=O. The number of halogens is 1. The monoisotopic (exact) mass is 228 g/mol. The van der Waals surface area contributed by atoms with Crippen molar-refractivity contribution in [3.63, 3.8) is 0 Å². The Balaban J connectivity index is 2.31. The summed E-state index contributed by atoms with van der Waals surface area (Å²) in [4.78, 5) is 10.8. The summed E-state index contributed by atoms with van der Waals surface area (Å²) in [6, 6.07) is 0.165. The molecule has 0 radical (unpaired) electrons. The second-order valence-corrected chi connectivity index (χ2v) is 4.08. The predicted molar refractivity (Wildman–Crippen MR) is 56.5 cm³/mol. The highest BCUT2D eigenvalue weighted by Gasteiger charge is 2.22. The van der Waals surface area contributed by atoms with Gasteiger partial charge in [0, 0.05) is 6.61 Å². The van der Waals surface area contributed by atoms with Crippen LogP contribution >= 0.6 is 11.6 Å². The standard InChI is InChI=1S/C10H13ClN2O2/c1-7-9(5-14)10(11)13(12-7)8-3-2-4-15-6-8/h5,8H,2-4,6H2,1H3. The fraction of sp³-hybridized carbons (Fsp3) is 0.600. The topological polar surface area (TPSA) is 44.1 Å². The molecule has 1 aliphatic heterocycles. The third-order valence-corrected chi connectivity index (χ3v) is 3.05. The first kappa shape index (κ1) is 10.6. The van der Waals surface area contributed by atoms with Gasteiger partial charge in [-0.2, -0.15) is 5.10 Å². The second kappa shape index (κ2) is 4.33. The van der Waals surface area contributed by atoms with E-state index in [-0.39, 0.29) is 6.04 Å². The van der Waals surface area contributed by atoms with Gasteiger partial charge in [0.2, 0.25) is 0 Å². The number of carbonyl (C=O) groups excluding carboxylic acids is 1. The number of aryl methyl sites for hydroxylation is 1. The highest BCUT2D eigenvalue weighted by molar-refractivity contribution is 6.32. The van der Waals surface area contributed by atoms with Crippen LogP contribution in [0.25, 0.3) is 0 Å². The van der Waals surface area contributed by atoms with E-state index in [9.17, 15) is 4.79 Å². The molecular formula is C10H13ClN2O2. The highest BCUT2D eigenvalue weighted by Crippen LogP contribution is 2.26. The van der Waals surface area contributed by atoms with Gasteiger partial charge in [-0.05, 0) is 19.8 Å². The van der Waals surface area contributed by atoms with Crippen LogP contribution in [0.5, 0.6) is 0 Å². The van der Waals surface area contributed by atoms with Crippen LogP contribution in [0.4, 0.5) is 0 Å². The van der Waals surface area contributed by atoms with Crippen LogP contribution in [0, 0.1) is 6.92 Å². The van der Waals surface area contributed by atoms with Crippen LogP contribution in [0.1, 0.15) is 34.9 Å². The fourth-order valence-corrected chi connectivity index (χ4v) is 2.18. The van der Waals surface area contributed by atoms with E-state index in [1.165, 1.54) is 0 Å². The van der Waals surface area contributed by atoms with Gasteiger partial charge < -0.3 is 4.74 Å². The lowest BCUT2D eigenvalue weighted by Crippen LogP contribution is -2.22. The number of ether oxygens (including phenoxy) is 1. The molecule has 0 aromatic carbocycles. The summed E-state index contributed by atoms with van der Waals surface area (Å²) in [6.07, 6.45) is 2.76. The molecule has 15 heavy (non-hydrogen) atoms. The molecule has 0 bridgehead atoms. The average Bonchev–Trinajstić information content (AvgIpc) is 2.55. The first-order valence-corrected chi connectivity index (χ1v) is 5.39. The van der Waals surface area contributed by atoms with Crippen molar-refractivity contribution in [3.05, 3.63) is 16.4 Å². The lowest BCUT2D eigenvalue weighted by Gasteiger charge is -2.22. The van der Waals surface area contributed by atoms with E-state index >= 15 is 0 Å². The number of hydrogen-bond donors (Lipinski definition) is 0. The summed E-state index contributed by atoms with van der Waals surface area (Å²) < 4.78 is 7.07. The first-order chi connectivity index (χ1) is 7.24. The Morgan fingerprint density at radius 1 is 1.67 bits per heavy atom. The van der Waals surface area contributed by atoms with Crippen LogP contribution in [-0.4, -0.2) is 29.3 Å².